The van der Waals surface area contributed by atoms with Crippen LogP contribution in [0.5, 0.6) is 0 Å². The summed E-state index contributed by atoms with van der Waals surface area (Å²) in [6.07, 6.45) is 0. The Morgan fingerprint density at radius 3 is 2.19 bits per heavy atom. The van der Waals surface area contributed by atoms with Gasteiger partial charge in [-0.2, -0.15) is 0 Å². The van der Waals surface area contributed by atoms with Gasteiger partial charge in [-0.25, -0.2) is 4.79 Å². The summed E-state index contributed by atoms with van der Waals surface area (Å²) in [5, 5.41) is 5.88. The molecule has 0 bridgehead atoms. The highest BCUT2D eigenvalue weighted by Gasteiger charge is 2.15. The fourth-order valence-corrected chi connectivity index (χ4v) is 3.69. The second kappa shape index (κ2) is 7.43. The van der Waals surface area contributed by atoms with Gasteiger partial charge in [-0.3, -0.25) is 9.59 Å². The van der Waals surface area contributed by atoms with Crippen LogP contribution in [-0.4, -0.2) is 11.8 Å². The molecule has 0 radical (unpaired) electrons. The molecule has 8 heteroatoms. The third-order valence-electron chi connectivity index (χ3n) is 3.46. The van der Waals surface area contributed by atoms with Crippen LogP contribution in [-0.2, 0) is 4.79 Å². The van der Waals surface area contributed by atoms with E-state index in [2.05, 4.69) is 42.5 Å². The number of hydrogen-bond donors (Lipinski definition) is 2. The lowest BCUT2D eigenvalue weighted by molar-refractivity contribution is -0.114. The Bertz CT molecular complexity index is 1070. The number of fused-ring (bicyclic) bond motifs is 1. The van der Waals surface area contributed by atoms with E-state index in [0.717, 1.165) is 4.47 Å². The van der Waals surface area contributed by atoms with E-state index in [1.165, 1.54) is 13.0 Å². The molecule has 26 heavy (non-hydrogen) atoms. The molecule has 0 saturated heterocycles. The summed E-state index contributed by atoms with van der Waals surface area (Å²) in [6.45, 7) is 1.41. The van der Waals surface area contributed by atoms with E-state index in [-0.39, 0.29) is 11.5 Å². The molecule has 0 saturated carbocycles. The third kappa shape index (κ3) is 4.03. The van der Waals surface area contributed by atoms with Crippen LogP contribution in [0.3, 0.4) is 0 Å². The van der Waals surface area contributed by atoms with Crippen LogP contribution >= 0.6 is 31.9 Å². The average Bonchev–Trinajstić information content (AvgIpc) is 2.56. The van der Waals surface area contributed by atoms with Gasteiger partial charge in [0.2, 0.25) is 5.91 Å². The van der Waals surface area contributed by atoms with Crippen LogP contribution in [0.25, 0.3) is 11.0 Å². The van der Waals surface area contributed by atoms with Crippen molar-refractivity contribution >= 4 is 66.0 Å². The van der Waals surface area contributed by atoms with Gasteiger partial charge in [0.05, 0.1) is 4.47 Å². The number of anilines is 2. The van der Waals surface area contributed by atoms with Crippen LogP contribution in [0, 0.1) is 0 Å². The van der Waals surface area contributed by atoms with E-state index in [0.29, 0.717) is 26.8 Å². The summed E-state index contributed by atoms with van der Waals surface area (Å²) >= 11 is 6.69. The minimum absolute atomic E-state index is 0.103. The molecule has 1 heterocycles. The van der Waals surface area contributed by atoms with Crippen molar-refractivity contribution < 1.29 is 14.0 Å². The normalized spacial score (nSPS) is 10.6. The molecule has 0 atom stereocenters. The summed E-state index contributed by atoms with van der Waals surface area (Å²) in [4.78, 5) is 35.6. The van der Waals surface area contributed by atoms with Gasteiger partial charge in [0.1, 0.15) is 5.56 Å². The number of amides is 2. The summed E-state index contributed by atoms with van der Waals surface area (Å²) < 4.78 is 6.66. The van der Waals surface area contributed by atoms with Gasteiger partial charge < -0.3 is 15.1 Å². The molecule has 3 rings (SSSR count). The zero-order valence-electron chi connectivity index (χ0n) is 13.4. The van der Waals surface area contributed by atoms with Crippen molar-refractivity contribution in [2.75, 3.05) is 10.6 Å². The first kappa shape index (κ1) is 18.3. The Balaban J connectivity index is 1.89. The van der Waals surface area contributed by atoms with E-state index in [4.69, 9.17) is 4.42 Å². The van der Waals surface area contributed by atoms with E-state index < -0.39 is 11.5 Å². The average molecular weight is 480 g/mol. The minimum Gasteiger partial charge on any atom is -0.421 e. The number of hydrogen-bond acceptors (Lipinski definition) is 4. The second-order valence-electron chi connectivity index (χ2n) is 5.47. The number of halogens is 2. The van der Waals surface area contributed by atoms with Crippen molar-refractivity contribution in [3.63, 3.8) is 0 Å². The molecule has 132 valence electrons. The van der Waals surface area contributed by atoms with Crippen LogP contribution in [0.2, 0.25) is 0 Å². The first-order chi connectivity index (χ1) is 12.3. The maximum atomic E-state index is 12.4. The number of carbonyl (C=O) groups excluding carboxylic acids is 2. The van der Waals surface area contributed by atoms with Crippen molar-refractivity contribution in [3.8, 4) is 0 Å². The fourth-order valence-electron chi connectivity index (χ4n) is 2.35. The van der Waals surface area contributed by atoms with E-state index >= 15 is 0 Å². The van der Waals surface area contributed by atoms with Gasteiger partial charge in [-0.1, -0.05) is 15.9 Å². The van der Waals surface area contributed by atoms with E-state index in [9.17, 15) is 14.4 Å². The lowest BCUT2D eigenvalue weighted by atomic mass is 10.1. The highest BCUT2D eigenvalue weighted by molar-refractivity contribution is 9.11. The number of benzene rings is 2. The predicted molar refractivity (Wildman–Crippen MR) is 107 cm³/mol. The molecule has 0 aliphatic carbocycles. The molecule has 3 aromatic rings. The van der Waals surface area contributed by atoms with Gasteiger partial charge in [0.15, 0.2) is 5.58 Å². The Kier molecular flexibility index (Phi) is 5.24. The molecular formula is C18H12Br2N2O4. The Morgan fingerprint density at radius 1 is 0.962 bits per heavy atom. The topological polar surface area (TPSA) is 88.4 Å². The van der Waals surface area contributed by atoms with Gasteiger partial charge in [-0.15, -0.1) is 0 Å². The molecule has 1 aromatic heterocycles. The lowest BCUT2D eigenvalue weighted by Gasteiger charge is -2.07. The first-order valence-corrected chi connectivity index (χ1v) is 9.04. The standard InChI is InChI=1S/C18H12Br2N2O4/c1-9(23)21-12-2-4-13(5-3-12)22-17(24)14-7-10-6-11(19)8-15(20)16(10)26-18(14)25/h2-8H,1H3,(H,21,23)(H,22,24). The molecular weight excluding hydrogens is 468 g/mol. The van der Waals surface area contributed by atoms with Crippen molar-refractivity contribution in [2.45, 2.75) is 6.92 Å². The third-order valence-corrected chi connectivity index (χ3v) is 4.51. The summed E-state index contributed by atoms with van der Waals surface area (Å²) in [5.74, 6) is -0.767. The monoisotopic (exact) mass is 478 g/mol. The zero-order valence-corrected chi connectivity index (χ0v) is 16.6. The van der Waals surface area contributed by atoms with Crippen LogP contribution < -0.4 is 16.3 Å². The van der Waals surface area contributed by atoms with Crippen molar-refractivity contribution in [3.05, 3.63) is 67.4 Å². The van der Waals surface area contributed by atoms with Crippen molar-refractivity contribution in [1.29, 1.82) is 0 Å². The molecule has 2 N–H and O–H groups in total. The number of nitrogens with one attached hydrogen (secondary N) is 2. The Labute approximate surface area is 164 Å². The SMILES string of the molecule is CC(=O)Nc1ccc(NC(=O)c2cc3cc(Br)cc(Br)c3oc2=O)cc1. The van der Waals surface area contributed by atoms with Gasteiger partial charge in [0.25, 0.3) is 5.91 Å². The van der Waals surface area contributed by atoms with E-state index in [1.54, 1.807) is 36.4 Å². The van der Waals surface area contributed by atoms with Gasteiger partial charge in [-0.05, 0) is 58.4 Å². The molecule has 0 fully saturated rings. The first-order valence-electron chi connectivity index (χ1n) is 7.45. The molecule has 0 unspecified atom stereocenters. The summed E-state index contributed by atoms with van der Waals surface area (Å²) in [7, 11) is 0. The minimum atomic E-state index is -0.729. The largest absolute Gasteiger partial charge is 0.421 e. The zero-order chi connectivity index (χ0) is 18.8. The maximum Gasteiger partial charge on any atom is 0.349 e. The molecule has 6 nitrogen and oxygen atoms in total. The second-order valence-corrected chi connectivity index (χ2v) is 7.24. The Morgan fingerprint density at radius 2 is 1.58 bits per heavy atom. The van der Waals surface area contributed by atoms with Crippen LogP contribution in [0.15, 0.2) is 60.6 Å². The smallest absolute Gasteiger partial charge is 0.349 e. The van der Waals surface area contributed by atoms with E-state index in [1.807, 2.05) is 0 Å². The van der Waals surface area contributed by atoms with Crippen molar-refractivity contribution in [2.24, 2.45) is 0 Å². The number of carbonyl (C=O) groups is 2. The maximum absolute atomic E-state index is 12.4. The highest BCUT2D eigenvalue weighted by Crippen LogP contribution is 2.28. The van der Waals surface area contributed by atoms with Crippen LogP contribution in [0.1, 0.15) is 17.3 Å². The van der Waals surface area contributed by atoms with Gasteiger partial charge >= 0.3 is 5.63 Å². The highest BCUT2D eigenvalue weighted by atomic mass is 79.9. The fraction of sp³-hybridized carbons (Fsp3) is 0.0556. The molecule has 2 aromatic carbocycles. The molecule has 0 aliphatic rings. The molecule has 0 spiro atoms. The summed E-state index contributed by atoms with van der Waals surface area (Å²) in [5.41, 5.74) is 0.630. The van der Waals surface area contributed by atoms with Gasteiger partial charge in [0, 0.05) is 28.2 Å². The molecule has 0 aliphatic heterocycles. The quantitative estimate of drug-likeness (QED) is 0.540. The lowest BCUT2D eigenvalue weighted by Crippen LogP contribution is -2.20. The summed E-state index contributed by atoms with van der Waals surface area (Å²) in [6, 6.07) is 11.5. The van der Waals surface area contributed by atoms with Crippen LogP contribution in [0.4, 0.5) is 11.4 Å². The molecule has 2 amide bonds. The van der Waals surface area contributed by atoms with Crippen molar-refractivity contribution in [1.82, 2.24) is 0 Å². The Hall–Kier alpha value is -2.45. The number of rotatable bonds is 3. The predicted octanol–water partition coefficient (Wildman–Crippen LogP) is 4.53.